The van der Waals surface area contributed by atoms with Gasteiger partial charge in [-0.25, -0.2) is 8.78 Å². The summed E-state index contributed by atoms with van der Waals surface area (Å²) >= 11 is 0. The fourth-order valence-electron chi connectivity index (χ4n) is 8.34. The summed E-state index contributed by atoms with van der Waals surface area (Å²) in [5.41, 5.74) is 0.202. The number of phenols is 1. The Morgan fingerprint density at radius 1 is 1.14 bits per heavy atom. The number of fused-ring (bicyclic) bond motifs is 5. The van der Waals surface area contributed by atoms with Gasteiger partial charge in [-0.15, -0.1) is 6.42 Å². The summed E-state index contributed by atoms with van der Waals surface area (Å²) in [6.45, 7) is 2.99. The number of halogens is 2. The molecule has 2 aromatic heterocycles. The van der Waals surface area contributed by atoms with E-state index in [2.05, 4.69) is 38.1 Å². The lowest BCUT2D eigenvalue weighted by Crippen LogP contribution is -2.51. The molecule has 3 aliphatic heterocycles. The van der Waals surface area contributed by atoms with Crippen LogP contribution in [0.15, 0.2) is 30.5 Å². The number of nitrogens with one attached hydrogen (secondary N) is 1. The van der Waals surface area contributed by atoms with Gasteiger partial charge in [-0.1, -0.05) is 18.4 Å². The van der Waals surface area contributed by atoms with E-state index in [1.165, 1.54) is 24.3 Å². The normalized spacial score (nSPS) is 26.4. The topological polar surface area (TPSA) is 86.6 Å². The maximum atomic E-state index is 16.8. The molecule has 5 heterocycles. The molecule has 2 N–H and O–H groups in total. The smallest absolute Gasteiger partial charge is 0.319 e. The van der Waals surface area contributed by atoms with Crippen LogP contribution in [-0.2, 0) is 0 Å². The van der Waals surface area contributed by atoms with Gasteiger partial charge in [-0.05, 0) is 69.3 Å². The van der Waals surface area contributed by atoms with Crippen LogP contribution in [-0.4, -0.2) is 76.4 Å². The van der Waals surface area contributed by atoms with Crippen LogP contribution in [0.5, 0.6) is 11.8 Å². The van der Waals surface area contributed by atoms with E-state index in [0.29, 0.717) is 46.7 Å². The average Bonchev–Trinajstić information content (AvgIpc) is 3.69. The van der Waals surface area contributed by atoms with Gasteiger partial charge in [-0.3, -0.25) is 4.98 Å². The molecule has 226 valence electrons. The zero-order valence-corrected chi connectivity index (χ0v) is 24.6. The fraction of sp³-hybridized carbons (Fsp3) is 0.441. The lowest BCUT2D eigenvalue weighted by atomic mass is 9.83. The molecule has 4 atom stereocenters. The van der Waals surface area contributed by atoms with Crippen molar-refractivity contribution in [3.63, 3.8) is 0 Å². The van der Waals surface area contributed by atoms with Crippen LogP contribution < -0.4 is 15.0 Å². The van der Waals surface area contributed by atoms with E-state index in [4.69, 9.17) is 16.1 Å². The third-order valence-electron chi connectivity index (χ3n) is 10.5. The van der Waals surface area contributed by atoms with Gasteiger partial charge in [0.2, 0.25) is 0 Å². The third kappa shape index (κ3) is 4.28. The summed E-state index contributed by atoms with van der Waals surface area (Å²) in [6.07, 6.45) is 13.9. The van der Waals surface area contributed by atoms with Crippen molar-refractivity contribution in [2.45, 2.75) is 56.7 Å². The fourth-order valence-corrected chi connectivity index (χ4v) is 8.34. The highest BCUT2D eigenvalue weighted by Crippen LogP contribution is 2.48. The number of anilines is 1. The number of rotatable bonds is 5. The van der Waals surface area contributed by atoms with Crippen molar-refractivity contribution < 1.29 is 18.6 Å². The second-order valence-corrected chi connectivity index (χ2v) is 13.0. The number of ether oxygens (including phenoxy) is 1. The van der Waals surface area contributed by atoms with Gasteiger partial charge in [0.15, 0.2) is 5.82 Å². The number of aromatic hydroxyl groups is 1. The Morgan fingerprint density at radius 3 is 2.75 bits per heavy atom. The molecule has 1 saturated carbocycles. The summed E-state index contributed by atoms with van der Waals surface area (Å²) in [5, 5.41) is 15.4. The summed E-state index contributed by atoms with van der Waals surface area (Å²) in [6, 6.07) is 6.86. The molecule has 4 aliphatic rings. The molecular formula is C34H34F2N6O2. The number of benzene rings is 2. The van der Waals surface area contributed by atoms with Gasteiger partial charge in [0.05, 0.1) is 17.6 Å². The Hall–Kier alpha value is -4.07. The molecule has 2 aromatic carbocycles. The molecule has 0 amide bonds. The number of nitrogens with zero attached hydrogens (tertiary/aromatic N) is 5. The average molecular weight is 597 g/mol. The molecular weight excluding hydrogens is 562 g/mol. The van der Waals surface area contributed by atoms with E-state index in [1.807, 2.05) is 0 Å². The summed E-state index contributed by atoms with van der Waals surface area (Å²) in [7, 11) is 2.17. The zero-order valence-electron chi connectivity index (χ0n) is 24.6. The van der Waals surface area contributed by atoms with E-state index in [1.54, 1.807) is 6.20 Å². The minimum absolute atomic E-state index is 0.0191. The van der Waals surface area contributed by atoms with Crippen molar-refractivity contribution in [3.05, 3.63) is 47.7 Å². The van der Waals surface area contributed by atoms with Crippen LogP contribution in [0.1, 0.15) is 44.1 Å². The molecule has 0 radical (unpaired) electrons. The van der Waals surface area contributed by atoms with Crippen molar-refractivity contribution in [1.29, 1.82) is 0 Å². The van der Waals surface area contributed by atoms with Crippen molar-refractivity contribution >= 4 is 27.5 Å². The first-order chi connectivity index (χ1) is 21.3. The van der Waals surface area contributed by atoms with Crippen LogP contribution in [0.4, 0.5) is 14.6 Å². The first kappa shape index (κ1) is 27.5. The van der Waals surface area contributed by atoms with Crippen LogP contribution in [0, 0.1) is 29.4 Å². The number of hydrogen-bond donors (Lipinski definition) is 2. The van der Waals surface area contributed by atoms with Gasteiger partial charge in [0.25, 0.3) is 0 Å². The lowest BCUT2D eigenvalue weighted by molar-refractivity contribution is 0.115. The molecule has 3 saturated heterocycles. The molecule has 2 unspecified atom stereocenters. The quantitative estimate of drug-likeness (QED) is 0.312. The highest BCUT2D eigenvalue weighted by Gasteiger charge is 2.49. The minimum Gasteiger partial charge on any atom is -0.508 e. The first-order valence-corrected chi connectivity index (χ1v) is 15.5. The number of piperazine rings is 1. The molecule has 44 heavy (non-hydrogen) atoms. The molecule has 1 aliphatic carbocycles. The lowest BCUT2D eigenvalue weighted by Gasteiger charge is -2.34. The Labute approximate surface area is 254 Å². The molecule has 0 spiro atoms. The van der Waals surface area contributed by atoms with E-state index >= 15 is 4.39 Å². The molecule has 2 bridgehead atoms. The first-order valence-electron chi connectivity index (χ1n) is 15.5. The number of likely N-dealkylation sites (tertiary alicyclic amines) is 1. The van der Waals surface area contributed by atoms with Gasteiger partial charge < -0.3 is 25.0 Å². The van der Waals surface area contributed by atoms with Crippen LogP contribution in [0.2, 0.25) is 0 Å². The molecule has 4 fully saturated rings. The monoisotopic (exact) mass is 596 g/mol. The molecule has 10 heteroatoms. The standard InChI is InChI=1S/C34H34F2N6O2/c1-3-23-26(35)9-6-19-13-22(43)14-24(28(19)23)30-29(36)31-25(15-37-30)32(42-16-20-7-8-21(17-42)38-20)40-33(39-31)44-18-34-10-4-5-27(34)41(2)12-11-34/h1,6,9,13-15,20-21,27,38,43H,4-5,7-8,10-12,16-18H2,2H3/t20-,21+,27?,34?. The predicted octanol–water partition coefficient (Wildman–Crippen LogP) is 5.00. The van der Waals surface area contributed by atoms with Crippen LogP contribution in [0.25, 0.3) is 32.9 Å². The van der Waals surface area contributed by atoms with Crippen molar-refractivity contribution in [1.82, 2.24) is 25.2 Å². The van der Waals surface area contributed by atoms with Crippen LogP contribution >= 0.6 is 0 Å². The third-order valence-corrected chi connectivity index (χ3v) is 10.5. The van der Waals surface area contributed by atoms with E-state index < -0.39 is 11.6 Å². The van der Waals surface area contributed by atoms with E-state index in [-0.39, 0.29) is 39.5 Å². The predicted molar refractivity (Wildman–Crippen MR) is 165 cm³/mol. The van der Waals surface area contributed by atoms with Gasteiger partial charge in [0.1, 0.15) is 28.6 Å². The number of hydrogen-bond acceptors (Lipinski definition) is 8. The maximum absolute atomic E-state index is 16.8. The molecule has 4 aromatic rings. The molecule has 8 rings (SSSR count). The maximum Gasteiger partial charge on any atom is 0.319 e. The van der Waals surface area contributed by atoms with Crippen LogP contribution in [0.3, 0.4) is 0 Å². The minimum atomic E-state index is -0.703. The van der Waals surface area contributed by atoms with Gasteiger partial charge in [-0.2, -0.15) is 9.97 Å². The van der Waals surface area contributed by atoms with Crippen molar-refractivity contribution in [3.8, 4) is 35.4 Å². The highest BCUT2D eigenvalue weighted by molar-refractivity contribution is 6.03. The number of phenolic OH excluding ortho intramolecular Hbond substituents is 1. The summed E-state index contributed by atoms with van der Waals surface area (Å²) < 4.78 is 38.0. The number of aromatic nitrogens is 3. The van der Waals surface area contributed by atoms with Gasteiger partial charge >= 0.3 is 6.01 Å². The second-order valence-electron chi connectivity index (χ2n) is 13.0. The second kappa shape index (κ2) is 10.2. The SMILES string of the molecule is C#Cc1c(F)ccc2cc(O)cc(-c3ncc4c(N5C[C@H]6CC[C@@H](C5)N6)nc(OCC56CCCC5N(C)CC6)nc4c3F)c12. The number of terminal acetylenes is 1. The Morgan fingerprint density at radius 2 is 1.95 bits per heavy atom. The van der Waals surface area contributed by atoms with Gasteiger partial charge in [0, 0.05) is 53.8 Å². The summed E-state index contributed by atoms with van der Waals surface area (Å²) in [5.74, 6) is 1.57. The number of pyridine rings is 1. The highest BCUT2D eigenvalue weighted by atomic mass is 19.1. The zero-order chi connectivity index (χ0) is 30.2. The van der Waals surface area contributed by atoms with Crippen molar-refractivity contribution in [2.75, 3.05) is 38.2 Å². The van der Waals surface area contributed by atoms with Crippen molar-refractivity contribution in [2.24, 2.45) is 5.41 Å². The largest absolute Gasteiger partial charge is 0.508 e. The Kier molecular flexibility index (Phi) is 6.40. The Bertz CT molecular complexity index is 1850. The van der Waals surface area contributed by atoms with E-state index in [9.17, 15) is 9.50 Å². The molecule has 8 nitrogen and oxygen atoms in total. The summed E-state index contributed by atoms with van der Waals surface area (Å²) in [4.78, 5) is 18.7. The Balaban J connectivity index is 1.28. The van der Waals surface area contributed by atoms with E-state index in [0.717, 1.165) is 58.2 Å².